The van der Waals surface area contributed by atoms with Gasteiger partial charge in [0.15, 0.2) is 0 Å². The number of benzene rings is 2. The lowest BCUT2D eigenvalue weighted by molar-refractivity contribution is 0.0694. The van der Waals surface area contributed by atoms with Gasteiger partial charge < -0.3 is 10.2 Å². The molecule has 0 saturated carbocycles. The van der Waals surface area contributed by atoms with E-state index in [1.807, 2.05) is 0 Å². The maximum atomic E-state index is 10.8. The topological polar surface area (TPSA) is 57.5 Å². The van der Waals surface area contributed by atoms with Crippen LogP contribution in [0.5, 0.6) is 5.75 Å². The predicted molar refractivity (Wildman–Crippen MR) is 70.5 cm³/mol. The summed E-state index contributed by atoms with van der Waals surface area (Å²) in [5, 5.41) is 19.4. The van der Waals surface area contributed by atoms with Gasteiger partial charge in [0, 0.05) is 10.0 Å². The van der Waals surface area contributed by atoms with Gasteiger partial charge in [-0.2, -0.15) is 0 Å². The van der Waals surface area contributed by atoms with Crippen molar-refractivity contribution in [3.05, 3.63) is 52.0 Å². The van der Waals surface area contributed by atoms with Gasteiger partial charge in [-0.15, -0.1) is 0 Å². The molecule has 5 heteroatoms. The monoisotopic (exact) mass is 282 g/mol. The molecular weight excluding hydrogens is 275 g/mol. The molecule has 18 heavy (non-hydrogen) atoms. The van der Waals surface area contributed by atoms with Crippen LogP contribution >= 0.6 is 23.2 Å². The van der Waals surface area contributed by atoms with Crippen molar-refractivity contribution in [3.8, 4) is 16.9 Å². The van der Waals surface area contributed by atoms with Crippen LogP contribution in [-0.2, 0) is 0 Å². The molecule has 2 N–H and O–H groups in total. The molecule has 0 aliphatic heterocycles. The maximum Gasteiger partial charge on any atom is 0.339 e. The number of carbonyl (C=O) groups is 1. The number of rotatable bonds is 2. The van der Waals surface area contributed by atoms with Gasteiger partial charge in [0.1, 0.15) is 11.3 Å². The van der Waals surface area contributed by atoms with Gasteiger partial charge in [-0.3, -0.25) is 0 Å². The zero-order chi connectivity index (χ0) is 13.3. The summed E-state index contributed by atoms with van der Waals surface area (Å²) in [5.74, 6) is -1.47. The zero-order valence-corrected chi connectivity index (χ0v) is 10.5. The quantitative estimate of drug-likeness (QED) is 0.873. The van der Waals surface area contributed by atoms with Gasteiger partial charge in [0.25, 0.3) is 0 Å². The first-order valence-electron chi connectivity index (χ1n) is 5.00. The maximum absolute atomic E-state index is 10.8. The Kier molecular flexibility index (Phi) is 3.45. The average Bonchev–Trinajstić information content (AvgIpc) is 2.26. The molecule has 0 bridgehead atoms. The van der Waals surface area contributed by atoms with Crippen molar-refractivity contribution in [1.29, 1.82) is 0 Å². The third-order valence-electron chi connectivity index (χ3n) is 2.42. The molecule has 0 amide bonds. The number of carboxylic acid groups (broad SMARTS) is 1. The van der Waals surface area contributed by atoms with Crippen molar-refractivity contribution in [3.63, 3.8) is 0 Å². The summed E-state index contributed by atoms with van der Waals surface area (Å²) in [5.41, 5.74) is 1.20. The summed E-state index contributed by atoms with van der Waals surface area (Å²) in [6.45, 7) is 0. The summed E-state index contributed by atoms with van der Waals surface area (Å²) >= 11 is 11.8. The van der Waals surface area contributed by atoms with Gasteiger partial charge in [-0.25, -0.2) is 4.79 Å². The molecule has 0 heterocycles. The number of aromatic hydroxyl groups is 1. The molecule has 0 fully saturated rings. The first-order chi connectivity index (χ1) is 8.47. The Hall–Kier alpha value is -1.71. The van der Waals surface area contributed by atoms with Crippen LogP contribution in [0.15, 0.2) is 36.4 Å². The van der Waals surface area contributed by atoms with Gasteiger partial charge >= 0.3 is 5.97 Å². The molecule has 0 radical (unpaired) electrons. The number of aromatic carboxylic acids is 1. The largest absolute Gasteiger partial charge is 0.507 e. The Morgan fingerprint density at radius 3 is 2.06 bits per heavy atom. The fourth-order valence-electron chi connectivity index (χ4n) is 1.61. The third kappa shape index (κ3) is 2.58. The van der Waals surface area contributed by atoms with Crippen molar-refractivity contribution < 1.29 is 15.0 Å². The second-order valence-corrected chi connectivity index (χ2v) is 4.57. The van der Waals surface area contributed by atoms with Gasteiger partial charge in [-0.1, -0.05) is 29.3 Å². The molecule has 0 unspecified atom stereocenters. The van der Waals surface area contributed by atoms with Crippen molar-refractivity contribution in [2.45, 2.75) is 0 Å². The Balaban J connectivity index is 2.52. The minimum Gasteiger partial charge on any atom is -0.507 e. The van der Waals surface area contributed by atoms with E-state index in [0.29, 0.717) is 21.2 Å². The molecule has 0 spiro atoms. The lowest BCUT2D eigenvalue weighted by Gasteiger charge is -2.06. The molecule has 0 saturated heterocycles. The van der Waals surface area contributed by atoms with E-state index in [1.165, 1.54) is 12.1 Å². The lowest BCUT2D eigenvalue weighted by Crippen LogP contribution is -1.96. The van der Waals surface area contributed by atoms with E-state index in [-0.39, 0.29) is 11.3 Å². The highest BCUT2D eigenvalue weighted by Crippen LogP contribution is 2.30. The third-order valence-corrected chi connectivity index (χ3v) is 2.86. The van der Waals surface area contributed by atoms with E-state index in [9.17, 15) is 9.90 Å². The number of hydrogen-bond acceptors (Lipinski definition) is 2. The standard InChI is InChI=1S/C13H8Cl2O3/c14-9-3-8(4-10(15)6-9)7-1-2-11(13(17)18)12(16)5-7/h1-6,16H,(H,17,18). The molecule has 2 aromatic rings. The molecule has 0 aromatic heterocycles. The van der Waals surface area contributed by atoms with E-state index in [1.54, 1.807) is 24.3 Å². The van der Waals surface area contributed by atoms with Crippen LogP contribution in [0.2, 0.25) is 10.0 Å². The molecule has 3 nitrogen and oxygen atoms in total. The van der Waals surface area contributed by atoms with Crippen LogP contribution in [0.4, 0.5) is 0 Å². The smallest absolute Gasteiger partial charge is 0.339 e. The van der Waals surface area contributed by atoms with Crippen LogP contribution in [0.3, 0.4) is 0 Å². The molecule has 0 atom stereocenters. The Morgan fingerprint density at radius 2 is 1.56 bits per heavy atom. The summed E-state index contributed by atoms with van der Waals surface area (Å²) < 4.78 is 0. The van der Waals surface area contributed by atoms with E-state index in [0.717, 1.165) is 0 Å². The molecule has 0 aliphatic carbocycles. The second kappa shape index (κ2) is 4.88. The van der Waals surface area contributed by atoms with Gasteiger partial charge in [0.2, 0.25) is 0 Å². The van der Waals surface area contributed by atoms with Crippen LogP contribution in [0.1, 0.15) is 10.4 Å². The zero-order valence-electron chi connectivity index (χ0n) is 9.02. The first-order valence-corrected chi connectivity index (χ1v) is 5.76. The van der Waals surface area contributed by atoms with Crippen molar-refractivity contribution in [2.75, 3.05) is 0 Å². The molecule has 2 rings (SSSR count). The lowest BCUT2D eigenvalue weighted by atomic mass is 10.0. The minimum atomic E-state index is -1.18. The van der Waals surface area contributed by atoms with E-state index in [4.69, 9.17) is 28.3 Å². The van der Waals surface area contributed by atoms with Crippen molar-refractivity contribution >= 4 is 29.2 Å². The minimum absolute atomic E-state index is 0.146. The summed E-state index contributed by atoms with van der Waals surface area (Å²) in [6, 6.07) is 9.25. The van der Waals surface area contributed by atoms with Gasteiger partial charge in [0.05, 0.1) is 0 Å². The number of carboxylic acids is 1. The fraction of sp³-hybridized carbons (Fsp3) is 0. The molecular formula is C13H8Cl2O3. The summed E-state index contributed by atoms with van der Waals surface area (Å²) in [7, 11) is 0. The number of hydrogen-bond donors (Lipinski definition) is 2. The molecule has 2 aromatic carbocycles. The Morgan fingerprint density at radius 1 is 0.944 bits per heavy atom. The van der Waals surface area contributed by atoms with Crippen LogP contribution in [0, 0.1) is 0 Å². The second-order valence-electron chi connectivity index (χ2n) is 3.70. The number of phenols is 1. The highest BCUT2D eigenvalue weighted by Gasteiger charge is 2.11. The van der Waals surface area contributed by atoms with Crippen LogP contribution in [-0.4, -0.2) is 16.2 Å². The SMILES string of the molecule is O=C(O)c1ccc(-c2cc(Cl)cc(Cl)c2)cc1O. The highest BCUT2D eigenvalue weighted by atomic mass is 35.5. The average molecular weight is 283 g/mol. The fourth-order valence-corrected chi connectivity index (χ4v) is 2.14. The van der Waals surface area contributed by atoms with E-state index < -0.39 is 5.97 Å². The summed E-state index contributed by atoms with van der Waals surface area (Å²) in [6.07, 6.45) is 0. The number of halogens is 2. The van der Waals surface area contributed by atoms with Crippen LogP contribution in [0.25, 0.3) is 11.1 Å². The molecule has 92 valence electrons. The normalized spacial score (nSPS) is 10.3. The predicted octanol–water partition coefficient (Wildman–Crippen LogP) is 4.06. The van der Waals surface area contributed by atoms with Gasteiger partial charge in [-0.05, 0) is 41.5 Å². The first kappa shape index (κ1) is 12.7. The summed E-state index contributed by atoms with van der Waals surface area (Å²) in [4.78, 5) is 10.8. The van der Waals surface area contributed by atoms with Crippen molar-refractivity contribution in [2.24, 2.45) is 0 Å². The highest BCUT2D eigenvalue weighted by molar-refractivity contribution is 6.35. The van der Waals surface area contributed by atoms with Crippen molar-refractivity contribution in [1.82, 2.24) is 0 Å². The Labute approximate surface area is 113 Å². The van der Waals surface area contributed by atoms with E-state index in [2.05, 4.69) is 0 Å². The Bertz CT molecular complexity index is 603. The van der Waals surface area contributed by atoms with Crippen LogP contribution < -0.4 is 0 Å². The van der Waals surface area contributed by atoms with E-state index >= 15 is 0 Å². The molecule has 0 aliphatic rings.